The summed E-state index contributed by atoms with van der Waals surface area (Å²) in [5, 5.41) is 13.8. The Hall–Kier alpha value is -3.51. The molecule has 0 fully saturated rings. The van der Waals surface area contributed by atoms with Crippen LogP contribution in [0.5, 0.6) is 5.75 Å². The molecule has 13 heteroatoms. The zero-order valence-electron chi connectivity index (χ0n) is 14.1. The molecule has 0 spiro atoms. The normalized spacial score (nSPS) is 12.1. The van der Waals surface area contributed by atoms with Crippen molar-refractivity contribution in [1.82, 2.24) is 25.7 Å². The number of carbonyl (C=O) groups is 1. The van der Waals surface area contributed by atoms with Crippen molar-refractivity contribution < 1.29 is 35.9 Å². The number of ether oxygens (including phenoxy) is 1. The predicted molar refractivity (Wildman–Crippen MR) is 85.5 cm³/mol. The molecule has 3 N–H and O–H groups in total. The number of H-pyrrole nitrogens is 2. The van der Waals surface area contributed by atoms with Crippen LogP contribution in [0.3, 0.4) is 0 Å². The SMILES string of the molecule is O=C(NCc1cc(-c2c[nH]nc2C(F)(F)F)[nH]n1)c1ccccc1OC(F)(F)F. The highest BCUT2D eigenvalue weighted by atomic mass is 19.4. The second-order valence-corrected chi connectivity index (χ2v) is 5.64. The van der Waals surface area contributed by atoms with Gasteiger partial charge in [0.2, 0.25) is 0 Å². The van der Waals surface area contributed by atoms with Gasteiger partial charge in [0.15, 0.2) is 5.69 Å². The second-order valence-electron chi connectivity index (χ2n) is 5.64. The number of hydrogen-bond acceptors (Lipinski definition) is 4. The minimum absolute atomic E-state index is 0.00358. The van der Waals surface area contributed by atoms with Gasteiger partial charge in [0, 0.05) is 11.8 Å². The summed E-state index contributed by atoms with van der Waals surface area (Å²) >= 11 is 0. The number of nitrogens with zero attached hydrogens (tertiary/aromatic N) is 2. The molecule has 0 aliphatic carbocycles. The van der Waals surface area contributed by atoms with Crippen molar-refractivity contribution in [2.24, 2.45) is 0 Å². The number of halogens is 6. The van der Waals surface area contributed by atoms with Crippen LogP contribution in [0, 0.1) is 0 Å². The fourth-order valence-electron chi connectivity index (χ4n) is 2.44. The summed E-state index contributed by atoms with van der Waals surface area (Å²) in [7, 11) is 0. The van der Waals surface area contributed by atoms with E-state index in [0.29, 0.717) is 0 Å². The molecular formula is C16H11F6N5O2. The van der Waals surface area contributed by atoms with Crippen molar-refractivity contribution in [2.45, 2.75) is 19.1 Å². The standard InChI is InChI=1S/C16H11F6N5O2/c17-15(18,19)13-10(7-24-27-13)11-5-8(25-26-11)6-23-14(28)9-3-1-2-4-12(9)29-16(20,21)22/h1-5,7H,6H2,(H,23,28)(H,24,27)(H,25,26). The van der Waals surface area contributed by atoms with Crippen molar-refractivity contribution in [3.63, 3.8) is 0 Å². The third-order valence-corrected chi connectivity index (χ3v) is 3.62. The van der Waals surface area contributed by atoms with Crippen molar-refractivity contribution in [3.05, 3.63) is 53.5 Å². The first-order valence-electron chi connectivity index (χ1n) is 7.83. The van der Waals surface area contributed by atoms with E-state index in [1.54, 1.807) is 0 Å². The molecular weight excluding hydrogens is 408 g/mol. The highest BCUT2D eigenvalue weighted by Crippen LogP contribution is 2.34. The van der Waals surface area contributed by atoms with Gasteiger partial charge in [-0.15, -0.1) is 13.2 Å². The minimum atomic E-state index is -4.98. The molecule has 154 valence electrons. The van der Waals surface area contributed by atoms with Crippen molar-refractivity contribution in [3.8, 4) is 17.0 Å². The third-order valence-electron chi connectivity index (χ3n) is 3.62. The number of amides is 1. The molecule has 0 saturated heterocycles. The topological polar surface area (TPSA) is 95.7 Å². The molecule has 0 saturated carbocycles. The third kappa shape index (κ3) is 4.86. The summed E-state index contributed by atoms with van der Waals surface area (Å²) < 4.78 is 79.8. The summed E-state index contributed by atoms with van der Waals surface area (Å²) in [5.41, 5.74) is -1.63. The van der Waals surface area contributed by atoms with Crippen LogP contribution >= 0.6 is 0 Å². The lowest BCUT2D eigenvalue weighted by molar-refractivity contribution is -0.274. The van der Waals surface area contributed by atoms with Crippen LogP contribution in [-0.4, -0.2) is 32.7 Å². The van der Waals surface area contributed by atoms with Crippen LogP contribution in [0.25, 0.3) is 11.3 Å². The van der Waals surface area contributed by atoms with Gasteiger partial charge in [-0.3, -0.25) is 15.0 Å². The van der Waals surface area contributed by atoms with Crippen LogP contribution in [0.2, 0.25) is 0 Å². The molecule has 2 heterocycles. The first-order chi connectivity index (χ1) is 13.5. The molecule has 0 unspecified atom stereocenters. The maximum Gasteiger partial charge on any atom is 0.573 e. The Morgan fingerprint density at radius 2 is 1.83 bits per heavy atom. The van der Waals surface area contributed by atoms with Crippen LogP contribution in [0.1, 0.15) is 21.7 Å². The number of rotatable bonds is 5. The molecule has 0 radical (unpaired) electrons. The molecule has 29 heavy (non-hydrogen) atoms. The minimum Gasteiger partial charge on any atom is -0.405 e. The van der Waals surface area contributed by atoms with E-state index >= 15 is 0 Å². The van der Waals surface area contributed by atoms with Crippen molar-refractivity contribution >= 4 is 5.91 Å². The van der Waals surface area contributed by atoms with Gasteiger partial charge in [0.05, 0.1) is 23.5 Å². The van der Waals surface area contributed by atoms with E-state index in [4.69, 9.17) is 0 Å². The van der Waals surface area contributed by atoms with Gasteiger partial charge in [-0.1, -0.05) is 12.1 Å². The number of hydrogen-bond donors (Lipinski definition) is 3. The largest absolute Gasteiger partial charge is 0.573 e. The van der Waals surface area contributed by atoms with Crippen LogP contribution in [0.4, 0.5) is 26.3 Å². The molecule has 0 bridgehead atoms. The molecule has 3 aromatic rings. The summed E-state index contributed by atoms with van der Waals surface area (Å²) in [4.78, 5) is 12.2. The lowest BCUT2D eigenvalue weighted by atomic mass is 10.1. The number of alkyl halides is 6. The molecule has 1 aromatic carbocycles. The first kappa shape index (κ1) is 20.2. The Morgan fingerprint density at radius 3 is 2.52 bits per heavy atom. The molecule has 0 aliphatic rings. The van der Waals surface area contributed by atoms with Gasteiger partial charge in [-0.2, -0.15) is 23.4 Å². The molecule has 1 amide bonds. The van der Waals surface area contributed by atoms with Gasteiger partial charge in [0.25, 0.3) is 5.91 Å². The molecule has 7 nitrogen and oxygen atoms in total. The number of carbonyl (C=O) groups excluding carboxylic acids is 1. The Kier molecular flexibility index (Phi) is 5.22. The quantitative estimate of drug-likeness (QED) is 0.551. The zero-order valence-corrected chi connectivity index (χ0v) is 14.1. The summed E-state index contributed by atoms with van der Waals surface area (Å²) in [6.07, 6.45) is -8.63. The van der Waals surface area contributed by atoms with E-state index in [0.717, 1.165) is 18.3 Å². The maximum absolute atomic E-state index is 12.9. The van der Waals surface area contributed by atoms with E-state index in [9.17, 15) is 31.1 Å². The lowest BCUT2D eigenvalue weighted by Crippen LogP contribution is -2.25. The van der Waals surface area contributed by atoms with Crippen molar-refractivity contribution in [1.29, 1.82) is 0 Å². The van der Waals surface area contributed by atoms with E-state index in [1.807, 2.05) is 0 Å². The number of nitrogens with one attached hydrogen (secondary N) is 3. The second kappa shape index (κ2) is 7.48. The number of aromatic amines is 2. The fraction of sp³-hybridized carbons (Fsp3) is 0.188. The summed E-state index contributed by atoms with van der Waals surface area (Å²) in [6.45, 7) is -0.255. The molecule has 2 aromatic heterocycles. The average Bonchev–Trinajstić information content (AvgIpc) is 3.27. The Balaban J connectivity index is 1.71. The fourth-order valence-corrected chi connectivity index (χ4v) is 2.44. The lowest BCUT2D eigenvalue weighted by Gasteiger charge is -2.12. The summed E-state index contributed by atoms with van der Waals surface area (Å²) in [5.74, 6) is -1.57. The van der Waals surface area contributed by atoms with E-state index in [2.05, 4.69) is 30.4 Å². The van der Waals surface area contributed by atoms with Gasteiger partial charge < -0.3 is 10.1 Å². The average molecular weight is 419 g/mol. The first-order valence-corrected chi connectivity index (χ1v) is 7.83. The van der Waals surface area contributed by atoms with Gasteiger partial charge >= 0.3 is 12.5 Å². The maximum atomic E-state index is 12.9. The highest BCUT2D eigenvalue weighted by molar-refractivity contribution is 5.96. The number of benzene rings is 1. The smallest absolute Gasteiger partial charge is 0.405 e. The van der Waals surface area contributed by atoms with E-state index < -0.39 is 29.9 Å². The molecule has 3 rings (SSSR count). The molecule has 0 atom stereocenters. The van der Waals surface area contributed by atoms with E-state index in [1.165, 1.54) is 18.2 Å². The van der Waals surface area contributed by atoms with Crippen molar-refractivity contribution in [2.75, 3.05) is 0 Å². The Bertz CT molecular complexity index is 1010. The predicted octanol–water partition coefficient (Wildman–Crippen LogP) is 3.65. The zero-order chi connectivity index (χ0) is 21.2. The highest BCUT2D eigenvalue weighted by Gasteiger charge is 2.37. The van der Waals surface area contributed by atoms with Gasteiger partial charge in [-0.25, -0.2) is 0 Å². The summed E-state index contributed by atoms with van der Waals surface area (Å²) in [6, 6.07) is 5.97. The Labute approximate surface area is 158 Å². The van der Waals surface area contributed by atoms with Gasteiger partial charge in [-0.05, 0) is 18.2 Å². The van der Waals surface area contributed by atoms with E-state index in [-0.39, 0.29) is 29.1 Å². The van der Waals surface area contributed by atoms with Crippen LogP contribution < -0.4 is 10.1 Å². The van der Waals surface area contributed by atoms with Gasteiger partial charge in [0.1, 0.15) is 5.75 Å². The number of para-hydroxylation sites is 1. The molecule has 0 aliphatic heterocycles. The van der Waals surface area contributed by atoms with Crippen LogP contribution in [-0.2, 0) is 12.7 Å². The number of aromatic nitrogens is 4. The Morgan fingerprint density at radius 1 is 1.10 bits per heavy atom. The monoisotopic (exact) mass is 419 g/mol. The van der Waals surface area contributed by atoms with Crippen LogP contribution in [0.15, 0.2) is 36.5 Å².